The van der Waals surface area contributed by atoms with E-state index >= 15 is 0 Å². The molecule has 0 saturated heterocycles. The Balaban J connectivity index is 3.02. The van der Waals surface area contributed by atoms with Gasteiger partial charge in [0.2, 0.25) is 0 Å². The first-order chi connectivity index (χ1) is 7.58. The lowest BCUT2D eigenvalue weighted by atomic mass is 9.94. The van der Waals surface area contributed by atoms with E-state index in [1.54, 1.807) is 7.11 Å². The van der Waals surface area contributed by atoms with E-state index in [4.69, 9.17) is 22.7 Å². The summed E-state index contributed by atoms with van der Waals surface area (Å²) in [5, 5.41) is 0. The molecule has 0 saturated carbocycles. The SMILES string of the molecule is CCc1ccc(OC)c(C(C)CC(N)=S)c1. The molecule has 0 radical (unpaired) electrons. The normalized spacial score (nSPS) is 12.2. The maximum absolute atomic E-state index is 5.58. The van der Waals surface area contributed by atoms with Gasteiger partial charge in [-0.05, 0) is 29.5 Å². The van der Waals surface area contributed by atoms with E-state index in [9.17, 15) is 0 Å². The Bertz CT molecular complexity index is 376. The summed E-state index contributed by atoms with van der Waals surface area (Å²) in [6.45, 7) is 4.26. The Morgan fingerprint density at radius 1 is 1.50 bits per heavy atom. The van der Waals surface area contributed by atoms with Crippen molar-refractivity contribution in [3.63, 3.8) is 0 Å². The van der Waals surface area contributed by atoms with Crippen molar-refractivity contribution in [3.05, 3.63) is 29.3 Å². The molecule has 0 aliphatic carbocycles. The largest absolute Gasteiger partial charge is 0.496 e. The molecule has 0 aliphatic heterocycles. The molecule has 1 rings (SSSR count). The van der Waals surface area contributed by atoms with Gasteiger partial charge in [0, 0.05) is 6.42 Å². The van der Waals surface area contributed by atoms with Crippen molar-refractivity contribution in [1.29, 1.82) is 0 Å². The molecule has 0 aromatic heterocycles. The molecule has 0 heterocycles. The van der Waals surface area contributed by atoms with E-state index in [2.05, 4.69) is 26.0 Å². The number of rotatable bonds is 5. The number of ether oxygens (including phenoxy) is 1. The van der Waals surface area contributed by atoms with Gasteiger partial charge in [0.15, 0.2) is 0 Å². The highest BCUT2D eigenvalue weighted by Crippen LogP contribution is 2.29. The summed E-state index contributed by atoms with van der Waals surface area (Å²) in [6.07, 6.45) is 1.75. The molecule has 16 heavy (non-hydrogen) atoms. The van der Waals surface area contributed by atoms with Gasteiger partial charge < -0.3 is 10.5 Å². The van der Waals surface area contributed by atoms with Crippen molar-refractivity contribution in [2.45, 2.75) is 32.6 Å². The zero-order valence-electron chi connectivity index (χ0n) is 10.1. The van der Waals surface area contributed by atoms with Gasteiger partial charge in [-0.15, -0.1) is 0 Å². The molecule has 1 atom stereocenters. The van der Waals surface area contributed by atoms with Crippen LogP contribution in [0.3, 0.4) is 0 Å². The molecule has 1 aromatic carbocycles. The Hall–Kier alpha value is -1.09. The predicted octanol–water partition coefficient (Wildman–Crippen LogP) is 3.04. The summed E-state index contributed by atoms with van der Waals surface area (Å²) in [5.41, 5.74) is 8.08. The van der Waals surface area contributed by atoms with Crippen LogP contribution in [0.15, 0.2) is 18.2 Å². The minimum absolute atomic E-state index is 0.305. The fraction of sp³-hybridized carbons (Fsp3) is 0.462. The number of methoxy groups -OCH3 is 1. The van der Waals surface area contributed by atoms with E-state index in [1.165, 1.54) is 11.1 Å². The van der Waals surface area contributed by atoms with Crippen LogP contribution in [0.25, 0.3) is 0 Å². The van der Waals surface area contributed by atoms with Gasteiger partial charge in [0.05, 0.1) is 12.1 Å². The third-order valence-corrected chi connectivity index (χ3v) is 2.91. The molecule has 3 heteroatoms. The van der Waals surface area contributed by atoms with Crippen molar-refractivity contribution in [2.75, 3.05) is 7.11 Å². The molecule has 0 bridgehead atoms. The number of benzene rings is 1. The third kappa shape index (κ3) is 3.20. The lowest BCUT2D eigenvalue weighted by Gasteiger charge is -2.16. The van der Waals surface area contributed by atoms with Crippen LogP contribution in [0.4, 0.5) is 0 Å². The second kappa shape index (κ2) is 5.85. The van der Waals surface area contributed by atoms with Crippen molar-refractivity contribution < 1.29 is 4.74 Å². The maximum Gasteiger partial charge on any atom is 0.122 e. The molecule has 1 aromatic rings. The average molecular weight is 237 g/mol. The average Bonchev–Trinajstić information content (AvgIpc) is 2.27. The van der Waals surface area contributed by atoms with Gasteiger partial charge >= 0.3 is 0 Å². The first kappa shape index (κ1) is 13.0. The summed E-state index contributed by atoms with van der Waals surface area (Å²) >= 11 is 4.95. The summed E-state index contributed by atoms with van der Waals surface area (Å²) < 4.78 is 5.36. The number of hydrogen-bond acceptors (Lipinski definition) is 2. The molecule has 1 unspecified atom stereocenters. The molecule has 0 fully saturated rings. The molecular formula is C13H19NOS. The monoisotopic (exact) mass is 237 g/mol. The highest BCUT2D eigenvalue weighted by Gasteiger charge is 2.12. The second-order valence-corrected chi connectivity index (χ2v) is 4.53. The fourth-order valence-electron chi connectivity index (χ4n) is 1.80. The van der Waals surface area contributed by atoms with Gasteiger partial charge in [-0.1, -0.05) is 38.2 Å². The third-order valence-electron chi connectivity index (χ3n) is 2.74. The van der Waals surface area contributed by atoms with Crippen molar-refractivity contribution in [3.8, 4) is 5.75 Å². The van der Waals surface area contributed by atoms with Crippen LogP contribution in [0.5, 0.6) is 5.75 Å². The highest BCUT2D eigenvalue weighted by molar-refractivity contribution is 7.80. The van der Waals surface area contributed by atoms with Crippen LogP contribution in [0.1, 0.15) is 37.3 Å². The van der Waals surface area contributed by atoms with Crippen molar-refractivity contribution in [1.82, 2.24) is 0 Å². The molecule has 2 nitrogen and oxygen atoms in total. The standard InChI is InChI=1S/C13H19NOS/c1-4-10-5-6-12(15-3)11(8-10)9(2)7-13(14)16/h5-6,8-9H,4,7H2,1-3H3,(H2,14,16). The molecule has 2 N–H and O–H groups in total. The van der Waals surface area contributed by atoms with E-state index in [1.807, 2.05) is 6.07 Å². The van der Waals surface area contributed by atoms with E-state index in [0.717, 1.165) is 18.6 Å². The predicted molar refractivity (Wildman–Crippen MR) is 72.2 cm³/mol. The summed E-state index contributed by atoms with van der Waals surface area (Å²) in [6, 6.07) is 6.29. The van der Waals surface area contributed by atoms with E-state index in [-0.39, 0.29) is 0 Å². The molecule has 0 amide bonds. The van der Waals surface area contributed by atoms with Gasteiger partial charge in [-0.2, -0.15) is 0 Å². The second-order valence-electron chi connectivity index (χ2n) is 4.00. The lowest BCUT2D eigenvalue weighted by molar-refractivity contribution is 0.406. The van der Waals surface area contributed by atoms with Gasteiger partial charge in [0.25, 0.3) is 0 Å². The van der Waals surface area contributed by atoms with Crippen LogP contribution in [-0.4, -0.2) is 12.1 Å². The zero-order valence-corrected chi connectivity index (χ0v) is 10.9. The number of aryl methyl sites for hydroxylation is 1. The fourth-order valence-corrected chi connectivity index (χ4v) is 2.05. The van der Waals surface area contributed by atoms with Crippen LogP contribution in [0.2, 0.25) is 0 Å². The lowest BCUT2D eigenvalue weighted by Crippen LogP contribution is -2.12. The topological polar surface area (TPSA) is 35.2 Å². The molecular weight excluding hydrogens is 218 g/mol. The Labute approximate surface area is 103 Å². The minimum atomic E-state index is 0.305. The van der Waals surface area contributed by atoms with Crippen molar-refractivity contribution >= 4 is 17.2 Å². The van der Waals surface area contributed by atoms with Crippen LogP contribution in [-0.2, 0) is 6.42 Å². The molecule has 0 aliphatic rings. The van der Waals surface area contributed by atoms with Crippen LogP contribution in [0, 0.1) is 0 Å². The van der Waals surface area contributed by atoms with Crippen LogP contribution >= 0.6 is 12.2 Å². The van der Waals surface area contributed by atoms with E-state index in [0.29, 0.717) is 10.9 Å². The first-order valence-corrected chi connectivity index (χ1v) is 5.94. The van der Waals surface area contributed by atoms with Crippen LogP contribution < -0.4 is 10.5 Å². The highest BCUT2D eigenvalue weighted by atomic mass is 32.1. The summed E-state index contributed by atoms with van der Waals surface area (Å²) in [4.78, 5) is 0.552. The van der Waals surface area contributed by atoms with Gasteiger partial charge in [-0.25, -0.2) is 0 Å². The smallest absolute Gasteiger partial charge is 0.122 e. The minimum Gasteiger partial charge on any atom is -0.496 e. The van der Waals surface area contributed by atoms with Gasteiger partial charge in [0.1, 0.15) is 5.75 Å². The number of thiocarbonyl (C=S) groups is 1. The first-order valence-electron chi connectivity index (χ1n) is 5.53. The maximum atomic E-state index is 5.58. The Morgan fingerprint density at radius 2 is 2.19 bits per heavy atom. The number of nitrogens with two attached hydrogens (primary N) is 1. The Morgan fingerprint density at radius 3 is 2.69 bits per heavy atom. The van der Waals surface area contributed by atoms with E-state index < -0.39 is 0 Å². The zero-order chi connectivity index (χ0) is 12.1. The number of hydrogen-bond donors (Lipinski definition) is 1. The molecule has 88 valence electrons. The quantitative estimate of drug-likeness (QED) is 0.799. The van der Waals surface area contributed by atoms with Gasteiger partial charge in [-0.3, -0.25) is 0 Å². The Kier molecular flexibility index (Phi) is 4.74. The summed E-state index contributed by atoms with van der Waals surface area (Å²) in [7, 11) is 1.69. The van der Waals surface area contributed by atoms with Crippen molar-refractivity contribution in [2.24, 2.45) is 5.73 Å². The summed E-state index contributed by atoms with van der Waals surface area (Å²) in [5.74, 6) is 1.22. The molecule has 0 spiro atoms.